The van der Waals surface area contributed by atoms with Crippen LogP contribution in [0.4, 0.5) is 0 Å². The molecule has 0 amide bonds. The fourth-order valence-electron chi connectivity index (χ4n) is 4.04. The molecule has 4 rings (SSSR count). The molecule has 0 aliphatic heterocycles. The van der Waals surface area contributed by atoms with Crippen LogP contribution in [0.1, 0.15) is 42.3 Å². The highest BCUT2D eigenvalue weighted by Crippen LogP contribution is 2.46. The number of carboxylic acid groups (broad SMARTS) is 1. The van der Waals surface area contributed by atoms with Crippen molar-refractivity contribution in [2.24, 2.45) is 0 Å². The Bertz CT molecular complexity index is 1310. The number of aromatic amines is 1. The number of aliphatic carboxylic acids is 1. The van der Waals surface area contributed by atoms with Crippen molar-refractivity contribution in [1.82, 2.24) is 9.97 Å². The van der Waals surface area contributed by atoms with E-state index in [1.165, 1.54) is 0 Å². The Hall–Kier alpha value is -3.79. The summed E-state index contributed by atoms with van der Waals surface area (Å²) >= 11 is 0. The first-order valence-electron chi connectivity index (χ1n) is 9.55. The molecule has 2 heterocycles. The molecule has 2 N–H and O–H groups in total. The lowest BCUT2D eigenvalue weighted by Crippen LogP contribution is -2.26. The van der Waals surface area contributed by atoms with Gasteiger partial charge in [0.05, 0.1) is 24.2 Å². The Morgan fingerprint density at radius 2 is 2.17 bits per heavy atom. The second-order valence-electron chi connectivity index (χ2n) is 7.58. The van der Waals surface area contributed by atoms with Crippen LogP contribution in [0.3, 0.4) is 0 Å². The van der Waals surface area contributed by atoms with Crippen LogP contribution in [0.2, 0.25) is 0 Å². The van der Waals surface area contributed by atoms with Gasteiger partial charge in [-0.15, -0.1) is 0 Å². The maximum absolute atomic E-state index is 11.5. The van der Waals surface area contributed by atoms with Gasteiger partial charge < -0.3 is 19.2 Å². The monoisotopic (exact) mass is 403 g/mol. The maximum Gasteiger partial charge on any atom is 0.303 e. The summed E-state index contributed by atoms with van der Waals surface area (Å²) in [6.07, 6.45) is 2.05. The maximum atomic E-state index is 11.5. The Morgan fingerprint density at radius 3 is 2.87 bits per heavy atom. The van der Waals surface area contributed by atoms with Crippen molar-refractivity contribution in [3.05, 3.63) is 59.1 Å². The van der Waals surface area contributed by atoms with Crippen molar-refractivity contribution < 1.29 is 19.1 Å². The standard InChI is InChI=1S/C23H21N3O4/c1-13-10-18(29-3)20(15-7-9-25-21(13)15)23(2,8-6-19(27)28)22-26-16-11-14(12-24)4-5-17(16)30-22/h4-5,7,9-11,25H,6,8H2,1-3H3,(H,27,28). The first-order valence-corrected chi connectivity index (χ1v) is 9.55. The molecule has 0 aliphatic carbocycles. The average Bonchev–Trinajstić information content (AvgIpc) is 3.38. The number of hydrogen-bond acceptors (Lipinski definition) is 5. The second-order valence-corrected chi connectivity index (χ2v) is 7.58. The number of aryl methyl sites for hydroxylation is 1. The molecule has 0 spiro atoms. The smallest absolute Gasteiger partial charge is 0.303 e. The number of hydrogen-bond donors (Lipinski definition) is 2. The number of carbonyl (C=O) groups is 1. The van der Waals surface area contributed by atoms with Gasteiger partial charge in [-0.05, 0) is 56.2 Å². The zero-order valence-electron chi connectivity index (χ0n) is 16.9. The molecule has 2 aromatic heterocycles. The summed E-state index contributed by atoms with van der Waals surface area (Å²) in [4.78, 5) is 19.4. The van der Waals surface area contributed by atoms with Gasteiger partial charge in [-0.25, -0.2) is 4.98 Å². The number of fused-ring (bicyclic) bond motifs is 2. The van der Waals surface area contributed by atoms with Gasteiger partial charge in [0.2, 0.25) is 5.89 Å². The third kappa shape index (κ3) is 3.07. The largest absolute Gasteiger partial charge is 0.496 e. The normalized spacial score (nSPS) is 13.3. The molecular formula is C23H21N3O4. The van der Waals surface area contributed by atoms with Gasteiger partial charge in [-0.1, -0.05) is 0 Å². The SMILES string of the molecule is COc1cc(C)c2[nH]ccc2c1C(C)(CCC(=O)O)c1nc2cc(C#N)ccc2o1. The van der Waals surface area contributed by atoms with Crippen molar-refractivity contribution in [3.8, 4) is 11.8 Å². The summed E-state index contributed by atoms with van der Waals surface area (Å²) in [5.74, 6) is 0.131. The molecule has 0 fully saturated rings. The van der Waals surface area contributed by atoms with Crippen LogP contribution in [0.5, 0.6) is 5.75 Å². The Labute approximate surface area is 172 Å². The summed E-state index contributed by atoms with van der Waals surface area (Å²) in [7, 11) is 1.60. The molecular weight excluding hydrogens is 382 g/mol. The van der Waals surface area contributed by atoms with Crippen molar-refractivity contribution in [2.45, 2.75) is 32.1 Å². The molecule has 7 heteroatoms. The first kappa shape index (κ1) is 19.5. The highest BCUT2D eigenvalue weighted by Gasteiger charge is 2.39. The fraction of sp³-hybridized carbons (Fsp3) is 0.261. The third-order valence-electron chi connectivity index (χ3n) is 5.60. The highest BCUT2D eigenvalue weighted by molar-refractivity contribution is 5.90. The highest BCUT2D eigenvalue weighted by atomic mass is 16.5. The Kier molecular flexibility index (Phi) is 4.70. The van der Waals surface area contributed by atoms with Crippen LogP contribution in [0.25, 0.3) is 22.0 Å². The van der Waals surface area contributed by atoms with Gasteiger partial charge in [-0.2, -0.15) is 5.26 Å². The minimum atomic E-state index is -0.902. The van der Waals surface area contributed by atoms with Gasteiger partial charge in [0.1, 0.15) is 11.3 Å². The van der Waals surface area contributed by atoms with Gasteiger partial charge in [0.25, 0.3) is 0 Å². The molecule has 30 heavy (non-hydrogen) atoms. The molecule has 0 bridgehead atoms. The number of ether oxygens (including phenoxy) is 1. The lowest BCUT2D eigenvalue weighted by atomic mass is 9.76. The molecule has 0 radical (unpaired) electrons. The summed E-state index contributed by atoms with van der Waals surface area (Å²) in [6.45, 7) is 3.91. The third-order valence-corrected chi connectivity index (χ3v) is 5.60. The molecule has 0 saturated heterocycles. The van der Waals surface area contributed by atoms with E-state index in [4.69, 9.17) is 9.15 Å². The average molecular weight is 403 g/mol. The van der Waals surface area contributed by atoms with E-state index in [1.807, 2.05) is 32.2 Å². The summed E-state index contributed by atoms with van der Waals surface area (Å²) in [5.41, 5.74) is 3.51. The summed E-state index contributed by atoms with van der Waals surface area (Å²) in [5, 5.41) is 19.5. The van der Waals surface area contributed by atoms with Crippen LogP contribution in [-0.4, -0.2) is 28.2 Å². The predicted octanol–water partition coefficient (Wildman–Crippen LogP) is 4.67. The van der Waals surface area contributed by atoms with E-state index < -0.39 is 11.4 Å². The van der Waals surface area contributed by atoms with Gasteiger partial charge in [0.15, 0.2) is 5.58 Å². The second kappa shape index (κ2) is 7.23. The topological polar surface area (TPSA) is 112 Å². The van der Waals surface area contributed by atoms with Crippen LogP contribution in [-0.2, 0) is 10.2 Å². The van der Waals surface area contributed by atoms with Crippen molar-refractivity contribution in [3.63, 3.8) is 0 Å². The number of nitrogens with zero attached hydrogens (tertiary/aromatic N) is 2. The Balaban J connectivity index is 2.00. The van der Waals surface area contributed by atoms with E-state index in [-0.39, 0.29) is 12.8 Å². The lowest BCUT2D eigenvalue weighted by molar-refractivity contribution is -0.137. The van der Waals surface area contributed by atoms with Crippen molar-refractivity contribution in [1.29, 1.82) is 5.26 Å². The number of oxazole rings is 1. The zero-order valence-corrected chi connectivity index (χ0v) is 16.9. The van der Waals surface area contributed by atoms with Crippen molar-refractivity contribution in [2.75, 3.05) is 7.11 Å². The van der Waals surface area contributed by atoms with E-state index in [9.17, 15) is 15.2 Å². The minimum absolute atomic E-state index is 0.0678. The number of nitrogens with one attached hydrogen (secondary N) is 1. The number of H-pyrrole nitrogens is 1. The summed E-state index contributed by atoms with van der Waals surface area (Å²) < 4.78 is 11.8. The van der Waals surface area contributed by atoms with Crippen molar-refractivity contribution >= 4 is 28.0 Å². The number of rotatable bonds is 6. The lowest BCUT2D eigenvalue weighted by Gasteiger charge is -2.29. The molecule has 1 atom stereocenters. The summed E-state index contributed by atoms with van der Waals surface area (Å²) in [6, 6.07) is 11.0. The molecule has 0 saturated carbocycles. The number of benzene rings is 2. The predicted molar refractivity (Wildman–Crippen MR) is 112 cm³/mol. The van der Waals surface area contributed by atoms with Crippen LogP contribution < -0.4 is 4.74 Å². The molecule has 1 unspecified atom stereocenters. The molecule has 152 valence electrons. The first-order chi connectivity index (χ1) is 14.4. The minimum Gasteiger partial charge on any atom is -0.496 e. The van der Waals surface area contributed by atoms with E-state index >= 15 is 0 Å². The number of nitriles is 1. The van der Waals surface area contributed by atoms with Crippen LogP contribution >= 0.6 is 0 Å². The fourth-order valence-corrected chi connectivity index (χ4v) is 4.04. The zero-order chi connectivity index (χ0) is 21.5. The van der Waals surface area contributed by atoms with Gasteiger partial charge >= 0.3 is 5.97 Å². The van der Waals surface area contributed by atoms with E-state index in [0.29, 0.717) is 28.3 Å². The van der Waals surface area contributed by atoms with E-state index in [1.54, 1.807) is 25.3 Å². The van der Waals surface area contributed by atoms with Gasteiger partial charge in [0, 0.05) is 29.1 Å². The molecule has 7 nitrogen and oxygen atoms in total. The number of carboxylic acids is 1. The van der Waals surface area contributed by atoms with E-state index in [2.05, 4.69) is 16.0 Å². The molecule has 0 aliphatic rings. The molecule has 4 aromatic rings. The quantitative estimate of drug-likeness (QED) is 0.484. The Morgan fingerprint density at radius 1 is 1.37 bits per heavy atom. The number of aromatic nitrogens is 2. The van der Waals surface area contributed by atoms with Crippen LogP contribution in [0.15, 0.2) is 40.9 Å². The van der Waals surface area contributed by atoms with Gasteiger partial charge in [-0.3, -0.25) is 4.79 Å². The van der Waals surface area contributed by atoms with E-state index in [0.717, 1.165) is 22.0 Å². The molecule has 2 aromatic carbocycles. The number of methoxy groups -OCH3 is 1. The van der Waals surface area contributed by atoms with Crippen LogP contribution in [0, 0.1) is 18.3 Å².